The Morgan fingerprint density at radius 2 is 2.20 bits per heavy atom. The first kappa shape index (κ1) is 14.7. The average molecular weight is 282 g/mol. The molecule has 1 aromatic rings. The number of nitrogens with zero attached hydrogens (tertiary/aromatic N) is 1. The van der Waals surface area contributed by atoms with Gasteiger partial charge < -0.3 is 20.1 Å². The Balaban J connectivity index is 1.91. The zero-order chi connectivity index (χ0) is 14.5. The number of halogens is 1. The molecule has 2 rings (SSSR count). The molecule has 0 saturated carbocycles. The lowest BCUT2D eigenvalue weighted by atomic mass is 10.1. The van der Waals surface area contributed by atoms with Crippen molar-refractivity contribution in [3.05, 3.63) is 29.6 Å². The molecule has 2 N–H and O–H groups in total. The molecule has 1 aliphatic heterocycles. The quantitative estimate of drug-likeness (QED) is 0.897. The summed E-state index contributed by atoms with van der Waals surface area (Å²) in [4.78, 5) is 13.5. The predicted octanol–water partition coefficient (Wildman–Crippen LogP) is 1.08. The van der Waals surface area contributed by atoms with Crippen molar-refractivity contribution in [2.24, 2.45) is 5.73 Å². The van der Waals surface area contributed by atoms with E-state index in [1.807, 2.05) is 0 Å². The van der Waals surface area contributed by atoms with Gasteiger partial charge in [0.05, 0.1) is 13.2 Å². The van der Waals surface area contributed by atoms with Crippen LogP contribution in [0.5, 0.6) is 5.75 Å². The van der Waals surface area contributed by atoms with Gasteiger partial charge in [-0.25, -0.2) is 4.39 Å². The van der Waals surface area contributed by atoms with Crippen LogP contribution in [0.2, 0.25) is 0 Å². The van der Waals surface area contributed by atoms with Gasteiger partial charge in [-0.3, -0.25) is 4.79 Å². The highest BCUT2D eigenvalue weighted by Gasteiger charge is 2.18. The monoisotopic (exact) mass is 282 g/mol. The largest absolute Gasteiger partial charge is 0.481 e. The van der Waals surface area contributed by atoms with Gasteiger partial charge >= 0.3 is 0 Å². The first-order valence-electron chi connectivity index (χ1n) is 6.61. The minimum Gasteiger partial charge on any atom is -0.481 e. The van der Waals surface area contributed by atoms with Gasteiger partial charge in [-0.2, -0.15) is 0 Å². The maximum absolute atomic E-state index is 13.8. The zero-order valence-electron chi connectivity index (χ0n) is 11.5. The van der Waals surface area contributed by atoms with Crippen LogP contribution in [0.4, 0.5) is 4.39 Å². The fourth-order valence-corrected chi connectivity index (χ4v) is 1.96. The van der Waals surface area contributed by atoms with E-state index in [-0.39, 0.29) is 24.3 Å². The molecule has 1 aromatic carbocycles. The lowest BCUT2D eigenvalue weighted by Crippen LogP contribution is -2.43. The van der Waals surface area contributed by atoms with E-state index < -0.39 is 5.82 Å². The molecule has 110 valence electrons. The Morgan fingerprint density at radius 3 is 2.80 bits per heavy atom. The number of nitrogens with two attached hydrogens (primary N) is 1. The molecular formula is C14H19FN2O3. The van der Waals surface area contributed by atoms with E-state index in [1.165, 1.54) is 12.1 Å². The molecule has 0 bridgehead atoms. The summed E-state index contributed by atoms with van der Waals surface area (Å²) in [5.74, 6) is -0.602. The van der Waals surface area contributed by atoms with Crippen LogP contribution in [-0.2, 0) is 9.53 Å². The Bertz CT molecular complexity index is 473. The molecule has 5 nitrogen and oxygen atoms in total. The second-order valence-corrected chi connectivity index (χ2v) is 4.76. The number of amides is 1. The number of hydrogen-bond donors (Lipinski definition) is 1. The van der Waals surface area contributed by atoms with E-state index >= 15 is 0 Å². The summed E-state index contributed by atoms with van der Waals surface area (Å²) in [6.07, 6.45) is 0. The number of morpholine rings is 1. The van der Waals surface area contributed by atoms with Gasteiger partial charge in [0.1, 0.15) is 0 Å². The molecule has 1 fully saturated rings. The lowest BCUT2D eigenvalue weighted by molar-refractivity contribution is -0.137. The summed E-state index contributed by atoms with van der Waals surface area (Å²) in [5, 5.41) is 0. The van der Waals surface area contributed by atoms with Crippen LogP contribution in [0, 0.1) is 5.82 Å². The molecule has 1 unspecified atom stereocenters. The van der Waals surface area contributed by atoms with Gasteiger partial charge in [0.15, 0.2) is 18.2 Å². The van der Waals surface area contributed by atoms with E-state index in [9.17, 15) is 9.18 Å². The number of benzene rings is 1. The third kappa shape index (κ3) is 3.68. The Labute approximate surface area is 117 Å². The number of carbonyl (C=O) groups excluding carboxylic acids is 1. The van der Waals surface area contributed by atoms with Crippen LogP contribution < -0.4 is 10.5 Å². The third-order valence-corrected chi connectivity index (χ3v) is 3.20. The topological polar surface area (TPSA) is 64.8 Å². The van der Waals surface area contributed by atoms with Crippen molar-refractivity contribution in [3.8, 4) is 5.75 Å². The summed E-state index contributed by atoms with van der Waals surface area (Å²) in [6, 6.07) is 4.29. The molecule has 20 heavy (non-hydrogen) atoms. The smallest absolute Gasteiger partial charge is 0.260 e. The van der Waals surface area contributed by atoms with Gasteiger partial charge in [-0.1, -0.05) is 6.07 Å². The maximum atomic E-state index is 13.8. The summed E-state index contributed by atoms with van der Waals surface area (Å²) >= 11 is 0. The summed E-state index contributed by atoms with van der Waals surface area (Å²) < 4.78 is 24.2. The lowest BCUT2D eigenvalue weighted by Gasteiger charge is -2.26. The molecule has 0 aromatic heterocycles. The van der Waals surface area contributed by atoms with E-state index in [0.717, 1.165) is 0 Å². The molecule has 0 aliphatic carbocycles. The van der Waals surface area contributed by atoms with Crippen molar-refractivity contribution in [1.29, 1.82) is 0 Å². The van der Waals surface area contributed by atoms with Crippen LogP contribution in [0.15, 0.2) is 18.2 Å². The molecule has 1 heterocycles. The molecule has 0 spiro atoms. The van der Waals surface area contributed by atoms with Crippen LogP contribution in [-0.4, -0.2) is 43.7 Å². The minimum atomic E-state index is -0.505. The van der Waals surface area contributed by atoms with Gasteiger partial charge in [-0.15, -0.1) is 0 Å². The van der Waals surface area contributed by atoms with Crippen molar-refractivity contribution in [1.82, 2.24) is 4.90 Å². The molecule has 1 saturated heterocycles. The van der Waals surface area contributed by atoms with Crippen LogP contribution in [0.1, 0.15) is 18.5 Å². The van der Waals surface area contributed by atoms with E-state index in [1.54, 1.807) is 17.9 Å². The molecule has 1 atom stereocenters. The van der Waals surface area contributed by atoms with Crippen molar-refractivity contribution >= 4 is 5.91 Å². The van der Waals surface area contributed by atoms with Crippen molar-refractivity contribution in [2.45, 2.75) is 13.0 Å². The van der Waals surface area contributed by atoms with Gasteiger partial charge in [-0.05, 0) is 24.6 Å². The Morgan fingerprint density at radius 1 is 1.50 bits per heavy atom. The molecule has 1 amide bonds. The van der Waals surface area contributed by atoms with E-state index in [2.05, 4.69) is 0 Å². The number of ether oxygens (including phenoxy) is 2. The minimum absolute atomic E-state index is 0.0657. The summed E-state index contributed by atoms with van der Waals surface area (Å²) in [6.45, 7) is 3.76. The summed E-state index contributed by atoms with van der Waals surface area (Å²) in [7, 11) is 0. The third-order valence-electron chi connectivity index (χ3n) is 3.20. The highest BCUT2D eigenvalue weighted by atomic mass is 19.1. The number of hydrogen-bond acceptors (Lipinski definition) is 4. The van der Waals surface area contributed by atoms with Crippen molar-refractivity contribution < 1.29 is 18.7 Å². The standard InChI is InChI=1S/C14H19FN2O3/c1-10(16)11-2-3-13(12(15)8-11)20-9-14(18)17-4-6-19-7-5-17/h2-3,8,10H,4-7,9,16H2,1H3. The van der Waals surface area contributed by atoms with Crippen LogP contribution in [0.3, 0.4) is 0 Å². The van der Waals surface area contributed by atoms with Crippen LogP contribution >= 0.6 is 0 Å². The second kappa shape index (κ2) is 6.67. The van der Waals surface area contributed by atoms with E-state index in [0.29, 0.717) is 31.9 Å². The summed E-state index contributed by atoms with van der Waals surface area (Å²) in [5.41, 5.74) is 6.36. The number of carbonyl (C=O) groups is 1. The highest BCUT2D eigenvalue weighted by Crippen LogP contribution is 2.21. The zero-order valence-corrected chi connectivity index (χ0v) is 11.5. The SMILES string of the molecule is CC(N)c1ccc(OCC(=O)N2CCOCC2)c(F)c1. The van der Waals surface area contributed by atoms with Gasteiger partial charge in [0.25, 0.3) is 5.91 Å². The number of rotatable bonds is 4. The van der Waals surface area contributed by atoms with Crippen molar-refractivity contribution in [3.63, 3.8) is 0 Å². The fraction of sp³-hybridized carbons (Fsp3) is 0.500. The van der Waals surface area contributed by atoms with E-state index in [4.69, 9.17) is 15.2 Å². The maximum Gasteiger partial charge on any atom is 0.260 e. The molecule has 1 aliphatic rings. The average Bonchev–Trinajstić information content (AvgIpc) is 2.46. The van der Waals surface area contributed by atoms with Gasteiger partial charge in [0, 0.05) is 19.1 Å². The van der Waals surface area contributed by atoms with Crippen LogP contribution in [0.25, 0.3) is 0 Å². The first-order valence-corrected chi connectivity index (χ1v) is 6.61. The Kier molecular flexibility index (Phi) is 4.92. The molecular weight excluding hydrogens is 263 g/mol. The first-order chi connectivity index (χ1) is 9.58. The Hall–Kier alpha value is -1.66. The normalized spacial score (nSPS) is 16.9. The highest BCUT2D eigenvalue weighted by molar-refractivity contribution is 5.77. The second-order valence-electron chi connectivity index (χ2n) is 4.76. The fourth-order valence-electron chi connectivity index (χ4n) is 1.96. The van der Waals surface area contributed by atoms with Crippen molar-refractivity contribution in [2.75, 3.05) is 32.9 Å². The molecule has 0 radical (unpaired) electrons. The predicted molar refractivity (Wildman–Crippen MR) is 71.9 cm³/mol. The molecule has 6 heteroatoms. The van der Waals surface area contributed by atoms with Gasteiger partial charge in [0.2, 0.25) is 0 Å².